The minimum atomic E-state index is 0.580. The maximum atomic E-state index is 3.61. The Morgan fingerprint density at radius 2 is 2.21 bits per heavy atom. The maximum absolute atomic E-state index is 3.61. The fraction of sp³-hybridized carbons (Fsp3) is 0.750. The lowest BCUT2D eigenvalue weighted by molar-refractivity contribution is 0.143. The molecule has 1 aliphatic heterocycles. The number of hydrogen-bond acceptors (Lipinski definition) is 3. The first-order chi connectivity index (χ1) is 9.09. The molecule has 1 N–H and O–H groups in total. The van der Waals surface area contributed by atoms with Gasteiger partial charge in [0.2, 0.25) is 0 Å². The van der Waals surface area contributed by atoms with Crippen LogP contribution in [0.3, 0.4) is 0 Å². The highest BCUT2D eigenvalue weighted by molar-refractivity contribution is 7.10. The highest BCUT2D eigenvalue weighted by Gasteiger charge is 2.27. The monoisotopic (exact) mass is 280 g/mol. The van der Waals surface area contributed by atoms with Crippen LogP contribution in [0.2, 0.25) is 0 Å². The Balaban J connectivity index is 1.82. The van der Waals surface area contributed by atoms with Gasteiger partial charge in [-0.05, 0) is 56.2 Å². The second-order valence-corrected chi connectivity index (χ2v) is 7.20. The summed E-state index contributed by atoms with van der Waals surface area (Å²) in [4.78, 5) is 4.25. The summed E-state index contributed by atoms with van der Waals surface area (Å²) < 4.78 is 0. The van der Waals surface area contributed by atoms with Crippen LogP contribution >= 0.6 is 11.3 Å². The van der Waals surface area contributed by atoms with Crippen molar-refractivity contribution in [3.63, 3.8) is 0 Å². The molecule has 2 nitrogen and oxygen atoms in total. The Kier molecular flexibility index (Phi) is 5.43. The predicted molar refractivity (Wildman–Crippen MR) is 84.9 cm³/mol. The van der Waals surface area contributed by atoms with E-state index in [1.54, 1.807) is 10.4 Å². The Labute approximate surface area is 122 Å². The van der Waals surface area contributed by atoms with Gasteiger partial charge in [0.05, 0.1) is 0 Å². The van der Waals surface area contributed by atoms with Crippen LogP contribution in [-0.2, 0) is 6.42 Å². The van der Waals surface area contributed by atoms with Crippen LogP contribution in [-0.4, -0.2) is 30.6 Å². The Morgan fingerprint density at radius 3 is 2.95 bits per heavy atom. The molecule has 0 radical (unpaired) electrons. The summed E-state index contributed by atoms with van der Waals surface area (Å²) in [5.41, 5.74) is 1.56. The van der Waals surface area contributed by atoms with E-state index in [4.69, 9.17) is 0 Å². The molecule has 2 unspecified atom stereocenters. The molecule has 0 aromatic carbocycles. The minimum Gasteiger partial charge on any atom is -0.315 e. The lowest BCUT2D eigenvalue weighted by Gasteiger charge is -2.38. The van der Waals surface area contributed by atoms with Crippen molar-refractivity contribution in [1.82, 2.24) is 10.2 Å². The number of thiophene rings is 1. The van der Waals surface area contributed by atoms with E-state index in [-0.39, 0.29) is 0 Å². The van der Waals surface area contributed by atoms with E-state index in [1.807, 2.05) is 11.3 Å². The third-order valence-electron chi connectivity index (χ3n) is 4.23. The molecule has 2 heterocycles. The molecule has 3 heteroatoms. The summed E-state index contributed by atoms with van der Waals surface area (Å²) in [5, 5.41) is 5.86. The summed E-state index contributed by atoms with van der Waals surface area (Å²) in [7, 11) is 0. The van der Waals surface area contributed by atoms with E-state index in [0.717, 1.165) is 19.0 Å². The van der Waals surface area contributed by atoms with Crippen molar-refractivity contribution >= 4 is 11.3 Å². The van der Waals surface area contributed by atoms with E-state index in [9.17, 15) is 0 Å². The molecule has 19 heavy (non-hydrogen) atoms. The number of nitrogens with one attached hydrogen (secondary N) is 1. The van der Waals surface area contributed by atoms with Crippen molar-refractivity contribution in [3.05, 3.63) is 21.9 Å². The smallest absolute Gasteiger partial charge is 0.0334 e. The van der Waals surface area contributed by atoms with Gasteiger partial charge in [0.1, 0.15) is 0 Å². The molecular weight excluding hydrogens is 252 g/mol. The SMILES string of the molecule is CC(C)CCNCC(C)N1CCc2sccc2C1C. The highest BCUT2D eigenvalue weighted by Crippen LogP contribution is 2.33. The minimum absolute atomic E-state index is 0.580. The zero-order chi connectivity index (χ0) is 13.8. The molecule has 0 bridgehead atoms. The number of rotatable bonds is 6. The first-order valence-electron chi connectivity index (χ1n) is 7.62. The summed E-state index contributed by atoms with van der Waals surface area (Å²) in [6.07, 6.45) is 2.50. The van der Waals surface area contributed by atoms with Crippen LogP contribution in [0, 0.1) is 5.92 Å². The van der Waals surface area contributed by atoms with Gasteiger partial charge in [0.25, 0.3) is 0 Å². The Bertz CT molecular complexity index is 386. The van der Waals surface area contributed by atoms with Gasteiger partial charge in [-0.3, -0.25) is 4.90 Å². The van der Waals surface area contributed by atoms with Crippen molar-refractivity contribution in [2.45, 2.75) is 52.6 Å². The summed E-state index contributed by atoms with van der Waals surface area (Å²) >= 11 is 1.93. The molecule has 1 aliphatic rings. The van der Waals surface area contributed by atoms with Gasteiger partial charge >= 0.3 is 0 Å². The van der Waals surface area contributed by atoms with E-state index >= 15 is 0 Å². The van der Waals surface area contributed by atoms with Gasteiger partial charge in [-0.1, -0.05) is 13.8 Å². The molecule has 0 saturated carbocycles. The first-order valence-corrected chi connectivity index (χ1v) is 8.50. The predicted octanol–water partition coefficient (Wildman–Crippen LogP) is 3.69. The third-order valence-corrected chi connectivity index (χ3v) is 5.23. The average molecular weight is 280 g/mol. The number of nitrogens with zero attached hydrogens (tertiary/aromatic N) is 1. The number of fused-ring (bicyclic) bond motifs is 1. The average Bonchev–Trinajstić information content (AvgIpc) is 2.83. The van der Waals surface area contributed by atoms with Crippen LogP contribution < -0.4 is 5.32 Å². The van der Waals surface area contributed by atoms with Crippen molar-refractivity contribution in [1.29, 1.82) is 0 Å². The van der Waals surface area contributed by atoms with Crippen LogP contribution in [0.15, 0.2) is 11.4 Å². The largest absolute Gasteiger partial charge is 0.315 e. The Hall–Kier alpha value is -0.380. The second kappa shape index (κ2) is 6.87. The fourth-order valence-electron chi connectivity index (χ4n) is 2.95. The lowest BCUT2D eigenvalue weighted by atomic mass is 9.99. The van der Waals surface area contributed by atoms with E-state index in [2.05, 4.69) is 49.4 Å². The third kappa shape index (κ3) is 3.80. The summed E-state index contributed by atoms with van der Waals surface area (Å²) in [6.45, 7) is 12.8. The van der Waals surface area contributed by atoms with Crippen molar-refractivity contribution in [3.8, 4) is 0 Å². The van der Waals surface area contributed by atoms with Crippen molar-refractivity contribution < 1.29 is 0 Å². The standard InChI is InChI=1S/C16H28N2S/c1-12(2)5-8-17-11-13(3)18-9-6-16-15(14(18)4)7-10-19-16/h7,10,12-14,17H,5-6,8-9,11H2,1-4H3. The molecule has 0 fully saturated rings. The number of hydrogen-bond donors (Lipinski definition) is 1. The molecular formula is C16H28N2S. The second-order valence-electron chi connectivity index (χ2n) is 6.20. The van der Waals surface area contributed by atoms with Crippen molar-refractivity contribution in [2.75, 3.05) is 19.6 Å². The van der Waals surface area contributed by atoms with Gasteiger partial charge in [0, 0.05) is 30.1 Å². The van der Waals surface area contributed by atoms with Gasteiger partial charge in [-0.15, -0.1) is 11.3 Å². The zero-order valence-corrected chi connectivity index (χ0v) is 13.6. The molecule has 2 atom stereocenters. The molecule has 0 spiro atoms. The van der Waals surface area contributed by atoms with Crippen LogP contribution in [0.4, 0.5) is 0 Å². The van der Waals surface area contributed by atoms with E-state index in [1.165, 1.54) is 19.4 Å². The molecule has 1 aromatic heterocycles. The van der Waals surface area contributed by atoms with E-state index < -0.39 is 0 Å². The zero-order valence-electron chi connectivity index (χ0n) is 12.8. The van der Waals surface area contributed by atoms with Crippen LogP contribution in [0.5, 0.6) is 0 Å². The molecule has 0 aliphatic carbocycles. The fourth-order valence-corrected chi connectivity index (χ4v) is 3.91. The molecule has 0 amide bonds. The van der Waals surface area contributed by atoms with Crippen molar-refractivity contribution in [2.24, 2.45) is 5.92 Å². The normalized spacial score (nSPS) is 21.6. The van der Waals surface area contributed by atoms with Gasteiger partial charge in [-0.25, -0.2) is 0 Å². The van der Waals surface area contributed by atoms with Gasteiger partial charge < -0.3 is 5.32 Å². The molecule has 2 rings (SSSR count). The summed E-state index contributed by atoms with van der Waals surface area (Å²) in [6, 6.07) is 3.52. The van der Waals surface area contributed by atoms with Crippen LogP contribution in [0.25, 0.3) is 0 Å². The lowest BCUT2D eigenvalue weighted by Crippen LogP contribution is -2.44. The molecule has 108 valence electrons. The molecule has 0 saturated heterocycles. The topological polar surface area (TPSA) is 15.3 Å². The highest BCUT2D eigenvalue weighted by atomic mass is 32.1. The summed E-state index contributed by atoms with van der Waals surface area (Å²) in [5.74, 6) is 0.796. The Morgan fingerprint density at radius 1 is 1.42 bits per heavy atom. The maximum Gasteiger partial charge on any atom is 0.0334 e. The van der Waals surface area contributed by atoms with E-state index in [0.29, 0.717) is 12.1 Å². The molecule has 1 aromatic rings. The van der Waals surface area contributed by atoms with Crippen LogP contribution in [0.1, 0.15) is 50.6 Å². The quantitative estimate of drug-likeness (QED) is 0.800. The van der Waals surface area contributed by atoms with Gasteiger partial charge in [-0.2, -0.15) is 0 Å². The first kappa shape index (κ1) is 15.0. The van der Waals surface area contributed by atoms with Gasteiger partial charge in [0.15, 0.2) is 0 Å².